The maximum atomic E-state index is 4.79. The molecule has 2 aromatic heterocycles. The Labute approximate surface area is 415 Å². The molecule has 10 aromatic carbocycles. The van der Waals surface area contributed by atoms with Gasteiger partial charge in [-0.3, -0.25) is 0 Å². The van der Waals surface area contributed by atoms with Gasteiger partial charge in [-0.2, -0.15) is 0 Å². The molecule has 1 atom stereocenters. The maximum Gasteiger partial charge on any atom is 0.179 e. The van der Waals surface area contributed by atoms with E-state index in [-0.39, 0.29) is 5.92 Å². The lowest BCUT2D eigenvalue weighted by atomic mass is 9.89. The van der Waals surface area contributed by atoms with Crippen LogP contribution in [0.2, 0.25) is 0 Å². The summed E-state index contributed by atoms with van der Waals surface area (Å²) in [7, 11) is -2.66. The van der Waals surface area contributed by atoms with Gasteiger partial charge in [-0.05, 0) is 103 Å². The molecule has 13 rings (SSSR count). The van der Waals surface area contributed by atoms with Crippen LogP contribution in [0.1, 0.15) is 35.1 Å². The highest BCUT2D eigenvalue weighted by Gasteiger charge is 2.41. The van der Waals surface area contributed by atoms with Gasteiger partial charge in [0.2, 0.25) is 0 Å². The first-order chi connectivity index (χ1) is 35.1. The standard InChI is InChI=1S/C68H50N2Si/c1-47(49-22-7-3-8-23-49)38-44-56-48(2)69(63-34-19-17-31-58(56)63)65-36-21-37-66-68(65)61-33-18-20-35-64(61)70(66)51-41-45-60-62(46-51)57-30-15-16-32-59(57)67(60)50-39-42-55(43-40-50)71(52-24-9-4-10-25-52,53-26-11-5-12-27-53)54-28-13-6-14-29-54/h3-46,67H,2H2,1H3/b47-38+,56-44+. The molecule has 3 heteroatoms. The number of rotatable bonds is 9. The summed E-state index contributed by atoms with van der Waals surface area (Å²) in [6, 6.07) is 94.4. The van der Waals surface area contributed by atoms with Crippen LogP contribution in [0.5, 0.6) is 0 Å². The van der Waals surface area contributed by atoms with Crippen LogP contribution in [0.25, 0.3) is 73.4 Å². The average Bonchev–Trinajstić information content (AvgIpc) is 4.06. The Morgan fingerprint density at radius 3 is 1.63 bits per heavy atom. The van der Waals surface area contributed by atoms with Gasteiger partial charge in [-0.1, -0.05) is 237 Å². The van der Waals surface area contributed by atoms with Crippen molar-refractivity contribution in [2.24, 2.45) is 0 Å². The molecular formula is C68H50N2Si. The molecule has 0 saturated heterocycles. The van der Waals surface area contributed by atoms with Crippen molar-refractivity contribution in [3.05, 3.63) is 294 Å². The van der Waals surface area contributed by atoms with Crippen LogP contribution in [-0.2, 0) is 0 Å². The second-order valence-corrected chi connectivity index (χ2v) is 22.7. The SMILES string of the molecule is C=c1/c(=C\C=C(/C)c2ccccc2)c2ccccc2n1-c1cccc2c1c1ccccc1n2-c1ccc2c(c1)-c1ccccc1C2c1ccc([Si](c2ccccc2)(c2ccccc2)c2ccccc2)cc1. The van der Waals surface area contributed by atoms with E-state index in [1.165, 1.54) is 81.4 Å². The molecule has 1 aliphatic carbocycles. The molecular weight excluding hydrogens is 873 g/mol. The Hall–Kier alpha value is -8.76. The highest BCUT2D eigenvalue weighted by molar-refractivity contribution is 7.19. The predicted molar refractivity (Wildman–Crippen MR) is 303 cm³/mol. The van der Waals surface area contributed by atoms with Crippen molar-refractivity contribution in [3.63, 3.8) is 0 Å². The molecule has 1 aliphatic rings. The number of nitrogens with zero attached hydrogens (tertiary/aromatic N) is 2. The molecule has 12 aromatic rings. The molecule has 0 amide bonds. The van der Waals surface area contributed by atoms with Crippen LogP contribution >= 0.6 is 0 Å². The van der Waals surface area contributed by atoms with Gasteiger partial charge in [0.05, 0.1) is 22.2 Å². The minimum atomic E-state index is -2.66. The van der Waals surface area contributed by atoms with E-state index in [1.807, 2.05) is 0 Å². The summed E-state index contributed by atoms with van der Waals surface area (Å²) in [6.45, 7) is 6.96. The lowest BCUT2D eigenvalue weighted by Crippen LogP contribution is -2.74. The smallest absolute Gasteiger partial charge is 0.179 e. The van der Waals surface area contributed by atoms with Gasteiger partial charge in [0.25, 0.3) is 0 Å². The minimum Gasteiger partial charge on any atom is -0.309 e. The third-order valence-electron chi connectivity index (χ3n) is 15.1. The number of allylic oxidation sites excluding steroid dienone is 2. The fourth-order valence-electron chi connectivity index (χ4n) is 11.9. The Balaban J connectivity index is 0.947. The zero-order chi connectivity index (χ0) is 47.5. The molecule has 0 fully saturated rings. The normalized spacial score (nSPS) is 13.8. The van der Waals surface area contributed by atoms with E-state index in [2.05, 4.69) is 283 Å². The van der Waals surface area contributed by atoms with Crippen molar-refractivity contribution < 1.29 is 0 Å². The van der Waals surface area contributed by atoms with Crippen molar-refractivity contribution in [3.8, 4) is 22.5 Å². The second kappa shape index (κ2) is 17.3. The van der Waals surface area contributed by atoms with Gasteiger partial charge in [0, 0.05) is 38.3 Å². The van der Waals surface area contributed by atoms with Crippen molar-refractivity contribution >= 4 is 79.8 Å². The fraction of sp³-hybridized carbons (Fsp3) is 0.0294. The zero-order valence-corrected chi connectivity index (χ0v) is 40.6. The topological polar surface area (TPSA) is 9.86 Å². The molecule has 0 N–H and O–H groups in total. The quantitative estimate of drug-likeness (QED) is 0.101. The van der Waals surface area contributed by atoms with Gasteiger partial charge in [0.15, 0.2) is 8.07 Å². The molecule has 0 radical (unpaired) electrons. The van der Waals surface area contributed by atoms with Gasteiger partial charge in [0.1, 0.15) is 0 Å². The number of para-hydroxylation sites is 2. The lowest BCUT2D eigenvalue weighted by Gasteiger charge is -2.34. The first kappa shape index (κ1) is 42.3. The molecule has 71 heavy (non-hydrogen) atoms. The summed E-state index contributed by atoms with van der Waals surface area (Å²) in [5.41, 5.74) is 14.7. The fourth-order valence-corrected chi connectivity index (χ4v) is 16.7. The first-order valence-corrected chi connectivity index (χ1v) is 26.7. The van der Waals surface area contributed by atoms with Gasteiger partial charge < -0.3 is 9.13 Å². The summed E-state index contributed by atoms with van der Waals surface area (Å²) in [4.78, 5) is 0. The predicted octanol–water partition coefficient (Wildman–Crippen LogP) is 12.6. The van der Waals surface area contributed by atoms with Gasteiger partial charge >= 0.3 is 0 Å². The van der Waals surface area contributed by atoms with Gasteiger partial charge in [-0.25, -0.2) is 0 Å². The highest BCUT2D eigenvalue weighted by Crippen LogP contribution is 2.49. The van der Waals surface area contributed by atoms with Crippen LogP contribution in [0.15, 0.2) is 261 Å². The van der Waals surface area contributed by atoms with E-state index in [9.17, 15) is 0 Å². The average molecular weight is 923 g/mol. The lowest BCUT2D eigenvalue weighted by molar-refractivity contribution is 1.01. The van der Waals surface area contributed by atoms with E-state index in [4.69, 9.17) is 6.58 Å². The largest absolute Gasteiger partial charge is 0.309 e. The van der Waals surface area contributed by atoms with Crippen LogP contribution in [-0.4, -0.2) is 17.2 Å². The summed E-state index contributed by atoms with van der Waals surface area (Å²) in [5, 5.41) is 11.2. The van der Waals surface area contributed by atoms with E-state index >= 15 is 0 Å². The molecule has 0 spiro atoms. The van der Waals surface area contributed by atoms with Gasteiger partial charge in [-0.15, -0.1) is 0 Å². The number of benzene rings is 10. The van der Waals surface area contributed by atoms with Crippen molar-refractivity contribution in [2.75, 3.05) is 0 Å². The minimum absolute atomic E-state index is 0.102. The molecule has 0 aliphatic heterocycles. The second-order valence-electron chi connectivity index (χ2n) is 18.9. The molecule has 336 valence electrons. The molecule has 2 nitrogen and oxygen atoms in total. The Morgan fingerprint density at radius 2 is 0.972 bits per heavy atom. The number of aromatic nitrogens is 2. The van der Waals surface area contributed by atoms with Crippen LogP contribution < -0.4 is 31.3 Å². The third-order valence-corrected chi connectivity index (χ3v) is 19.9. The zero-order valence-electron chi connectivity index (χ0n) is 39.6. The van der Waals surface area contributed by atoms with E-state index in [0.717, 1.165) is 33.0 Å². The van der Waals surface area contributed by atoms with Crippen molar-refractivity contribution in [1.82, 2.24) is 9.13 Å². The highest BCUT2D eigenvalue weighted by atomic mass is 28.3. The molecule has 1 unspecified atom stereocenters. The maximum absolute atomic E-state index is 4.79. The van der Waals surface area contributed by atoms with Crippen molar-refractivity contribution in [1.29, 1.82) is 0 Å². The van der Waals surface area contributed by atoms with Crippen LogP contribution in [0.3, 0.4) is 0 Å². The molecule has 0 saturated carbocycles. The number of hydrogen-bond donors (Lipinski definition) is 0. The molecule has 0 bridgehead atoms. The molecule has 2 heterocycles. The Kier molecular flexibility index (Phi) is 10.3. The van der Waals surface area contributed by atoms with E-state index in [0.29, 0.717) is 0 Å². The third kappa shape index (κ3) is 6.76. The summed E-state index contributed by atoms with van der Waals surface area (Å²) in [6.07, 6.45) is 4.47. The van der Waals surface area contributed by atoms with E-state index in [1.54, 1.807) is 0 Å². The van der Waals surface area contributed by atoms with E-state index < -0.39 is 8.07 Å². The first-order valence-electron chi connectivity index (χ1n) is 24.7. The number of fused-ring (bicyclic) bond motifs is 7. The van der Waals surface area contributed by atoms with Crippen LogP contribution in [0, 0.1) is 0 Å². The summed E-state index contributed by atoms with van der Waals surface area (Å²) in [5.74, 6) is 0.102. The Bertz CT molecular complexity index is 4010. The number of hydrogen-bond acceptors (Lipinski definition) is 0. The summed E-state index contributed by atoms with van der Waals surface area (Å²) < 4.78 is 4.83. The Morgan fingerprint density at radius 1 is 0.451 bits per heavy atom. The summed E-state index contributed by atoms with van der Waals surface area (Å²) >= 11 is 0. The monoisotopic (exact) mass is 922 g/mol. The van der Waals surface area contributed by atoms with Crippen molar-refractivity contribution in [2.45, 2.75) is 12.8 Å². The van der Waals surface area contributed by atoms with Crippen LogP contribution in [0.4, 0.5) is 0 Å².